The fourth-order valence-electron chi connectivity index (χ4n) is 1.53. The molecule has 0 aliphatic carbocycles. The van der Waals surface area contributed by atoms with Crippen LogP contribution in [0.5, 0.6) is 0 Å². The lowest BCUT2D eigenvalue weighted by molar-refractivity contribution is 0.110. The number of hydrogen-bond donors (Lipinski definition) is 1. The molecule has 0 bridgehead atoms. The van der Waals surface area contributed by atoms with Gasteiger partial charge in [0, 0.05) is 31.7 Å². The molecule has 0 radical (unpaired) electrons. The zero-order valence-corrected chi connectivity index (χ0v) is 7.84. The Kier molecular flexibility index (Phi) is 3.17. The number of nitroso groups, excluding NO2 is 1. The second-order valence-corrected chi connectivity index (χ2v) is 3.84. The average molecular weight is 171 g/mol. The van der Waals surface area contributed by atoms with Gasteiger partial charge in [-0.3, -0.25) is 4.90 Å². The number of rotatable bonds is 3. The summed E-state index contributed by atoms with van der Waals surface area (Å²) in [6.07, 6.45) is 0. The second kappa shape index (κ2) is 3.96. The molecule has 1 aliphatic heterocycles. The van der Waals surface area contributed by atoms with E-state index in [1.807, 2.05) is 0 Å². The molecule has 0 atom stereocenters. The molecule has 70 valence electrons. The van der Waals surface area contributed by atoms with Gasteiger partial charge in [0.25, 0.3) is 0 Å². The zero-order valence-electron chi connectivity index (χ0n) is 7.84. The molecule has 0 amide bonds. The summed E-state index contributed by atoms with van der Waals surface area (Å²) in [6.45, 7) is 8.59. The summed E-state index contributed by atoms with van der Waals surface area (Å²) in [6, 6.07) is 0. The van der Waals surface area contributed by atoms with E-state index in [2.05, 4.69) is 29.2 Å². The van der Waals surface area contributed by atoms with Gasteiger partial charge in [-0.15, -0.1) is 0 Å². The topological polar surface area (TPSA) is 44.7 Å². The Hall–Kier alpha value is -0.480. The van der Waals surface area contributed by atoms with Crippen LogP contribution in [0.25, 0.3) is 0 Å². The molecule has 4 nitrogen and oxygen atoms in total. The van der Waals surface area contributed by atoms with Crippen LogP contribution in [0.3, 0.4) is 0 Å². The van der Waals surface area contributed by atoms with E-state index in [9.17, 15) is 4.91 Å². The maximum Gasteiger partial charge on any atom is 0.0989 e. The summed E-state index contributed by atoms with van der Waals surface area (Å²) < 4.78 is 0. The fraction of sp³-hybridized carbons (Fsp3) is 1.00. The smallest absolute Gasteiger partial charge is 0.0989 e. The molecule has 1 heterocycles. The SMILES string of the molecule is CC(C)(CN=O)N1CCNCC1. The van der Waals surface area contributed by atoms with Crippen LogP contribution in [0.15, 0.2) is 5.18 Å². The molecule has 0 aromatic rings. The van der Waals surface area contributed by atoms with Gasteiger partial charge < -0.3 is 5.32 Å². The van der Waals surface area contributed by atoms with Gasteiger partial charge in [-0.1, -0.05) is 5.18 Å². The predicted molar refractivity (Wildman–Crippen MR) is 49.2 cm³/mol. The quantitative estimate of drug-likeness (QED) is 0.626. The Morgan fingerprint density at radius 1 is 1.42 bits per heavy atom. The number of piperazine rings is 1. The Morgan fingerprint density at radius 2 is 2.00 bits per heavy atom. The molecular weight excluding hydrogens is 154 g/mol. The van der Waals surface area contributed by atoms with Crippen molar-refractivity contribution >= 4 is 0 Å². The number of hydrogen-bond acceptors (Lipinski definition) is 4. The van der Waals surface area contributed by atoms with Crippen molar-refractivity contribution in [2.45, 2.75) is 19.4 Å². The minimum atomic E-state index is -0.0656. The minimum Gasteiger partial charge on any atom is -0.314 e. The highest BCUT2D eigenvalue weighted by atomic mass is 16.3. The van der Waals surface area contributed by atoms with E-state index >= 15 is 0 Å². The highest BCUT2D eigenvalue weighted by molar-refractivity contribution is 4.86. The van der Waals surface area contributed by atoms with Crippen LogP contribution in [0.2, 0.25) is 0 Å². The highest BCUT2D eigenvalue weighted by Gasteiger charge is 2.27. The van der Waals surface area contributed by atoms with Crippen molar-refractivity contribution < 1.29 is 0 Å². The van der Waals surface area contributed by atoms with E-state index in [4.69, 9.17) is 0 Å². The van der Waals surface area contributed by atoms with Crippen molar-refractivity contribution in [3.8, 4) is 0 Å². The average Bonchev–Trinajstić information content (AvgIpc) is 2.06. The molecule has 0 saturated carbocycles. The van der Waals surface area contributed by atoms with E-state index in [1.165, 1.54) is 0 Å². The van der Waals surface area contributed by atoms with Crippen molar-refractivity contribution in [3.05, 3.63) is 4.91 Å². The summed E-state index contributed by atoms with van der Waals surface area (Å²) in [5.74, 6) is 0. The van der Waals surface area contributed by atoms with Gasteiger partial charge in [0.1, 0.15) is 0 Å². The van der Waals surface area contributed by atoms with Crippen LogP contribution in [0, 0.1) is 4.91 Å². The minimum absolute atomic E-state index is 0.0656. The molecular formula is C8H17N3O. The number of nitrogens with one attached hydrogen (secondary N) is 1. The normalized spacial score (nSPS) is 20.8. The summed E-state index contributed by atoms with van der Waals surface area (Å²) >= 11 is 0. The molecule has 0 spiro atoms. The third-order valence-corrected chi connectivity index (χ3v) is 2.42. The fourth-order valence-corrected chi connectivity index (χ4v) is 1.53. The third-order valence-electron chi connectivity index (χ3n) is 2.42. The van der Waals surface area contributed by atoms with Crippen LogP contribution < -0.4 is 5.32 Å². The van der Waals surface area contributed by atoms with E-state index in [-0.39, 0.29) is 5.54 Å². The third kappa shape index (κ3) is 2.25. The maximum atomic E-state index is 10.2. The Bertz CT molecular complexity index is 152. The molecule has 1 rings (SSSR count). The first-order valence-corrected chi connectivity index (χ1v) is 4.42. The van der Waals surface area contributed by atoms with Gasteiger partial charge in [-0.2, -0.15) is 4.91 Å². The van der Waals surface area contributed by atoms with Crippen molar-refractivity contribution in [3.63, 3.8) is 0 Å². The Labute approximate surface area is 73.3 Å². The number of nitrogens with zero attached hydrogens (tertiary/aromatic N) is 2. The molecule has 1 aliphatic rings. The first-order chi connectivity index (χ1) is 5.67. The second-order valence-electron chi connectivity index (χ2n) is 3.84. The molecule has 1 saturated heterocycles. The van der Waals surface area contributed by atoms with Gasteiger partial charge in [0.2, 0.25) is 0 Å². The molecule has 0 aromatic carbocycles. The van der Waals surface area contributed by atoms with Crippen molar-refractivity contribution in [1.29, 1.82) is 0 Å². The van der Waals surface area contributed by atoms with Crippen LogP contribution in [0.1, 0.15) is 13.8 Å². The zero-order chi connectivity index (χ0) is 9.03. The van der Waals surface area contributed by atoms with Crippen molar-refractivity contribution in [1.82, 2.24) is 10.2 Å². The lowest BCUT2D eigenvalue weighted by atomic mass is 10.0. The first kappa shape index (κ1) is 9.61. The Morgan fingerprint density at radius 3 is 2.50 bits per heavy atom. The summed E-state index contributed by atoms with van der Waals surface area (Å²) in [7, 11) is 0. The van der Waals surface area contributed by atoms with Gasteiger partial charge in [-0.05, 0) is 13.8 Å². The van der Waals surface area contributed by atoms with E-state index < -0.39 is 0 Å². The molecule has 0 aromatic heterocycles. The van der Waals surface area contributed by atoms with Crippen molar-refractivity contribution in [2.24, 2.45) is 5.18 Å². The van der Waals surface area contributed by atoms with E-state index in [0.29, 0.717) is 6.54 Å². The van der Waals surface area contributed by atoms with Crippen LogP contribution in [0.4, 0.5) is 0 Å². The summed E-state index contributed by atoms with van der Waals surface area (Å²) in [5.41, 5.74) is -0.0656. The van der Waals surface area contributed by atoms with Gasteiger partial charge in [-0.25, -0.2) is 0 Å². The molecule has 1 fully saturated rings. The van der Waals surface area contributed by atoms with Gasteiger partial charge >= 0.3 is 0 Å². The molecule has 12 heavy (non-hydrogen) atoms. The van der Waals surface area contributed by atoms with Crippen LogP contribution in [-0.2, 0) is 0 Å². The lowest BCUT2D eigenvalue weighted by Gasteiger charge is -2.39. The monoisotopic (exact) mass is 171 g/mol. The highest BCUT2D eigenvalue weighted by Crippen LogP contribution is 2.14. The van der Waals surface area contributed by atoms with Crippen molar-refractivity contribution in [2.75, 3.05) is 32.7 Å². The van der Waals surface area contributed by atoms with Gasteiger partial charge in [0.15, 0.2) is 0 Å². The summed E-state index contributed by atoms with van der Waals surface area (Å²) in [5, 5.41) is 6.25. The van der Waals surface area contributed by atoms with Crippen LogP contribution in [-0.4, -0.2) is 43.2 Å². The lowest BCUT2D eigenvalue weighted by Crippen LogP contribution is -2.54. The Balaban J connectivity index is 2.47. The van der Waals surface area contributed by atoms with Crippen LogP contribution >= 0.6 is 0 Å². The largest absolute Gasteiger partial charge is 0.314 e. The standard InChI is InChI=1S/C8H17N3O/c1-8(2,7-10-12)11-5-3-9-4-6-11/h9H,3-7H2,1-2H3. The molecule has 1 N–H and O–H groups in total. The molecule has 4 heteroatoms. The maximum absolute atomic E-state index is 10.2. The van der Waals surface area contributed by atoms with E-state index in [0.717, 1.165) is 26.2 Å². The van der Waals surface area contributed by atoms with E-state index in [1.54, 1.807) is 0 Å². The predicted octanol–water partition coefficient (Wildman–Crippen LogP) is 0.437. The van der Waals surface area contributed by atoms with Gasteiger partial charge in [0.05, 0.1) is 6.54 Å². The molecule has 0 unspecified atom stereocenters. The first-order valence-electron chi connectivity index (χ1n) is 4.42. The summed E-state index contributed by atoms with van der Waals surface area (Å²) in [4.78, 5) is 12.5.